The fourth-order valence-corrected chi connectivity index (χ4v) is 3.21. The molecular weight excluding hydrogens is 382 g/mol. The summed E-state index contributed by atoms with van der Waals surface area (Å²) in [7, 11) is 1.92. The number of aryl methyl sites for hydroxylation is 1. The average Bonchev–Trinajstić information content (AvgIpc) is 3.22. The molecule has 1 amide bonds. The summed E-state index contributed by atoms with van der Waals surface area (Å²) in [5.41, 5.74) is 1.59. The van der Waals surface area contributed by atoms with Crippen molar-refractivity contribution in [1.82, 2.24) is 19.9 Å². The van der Waals surface area contributed by atoms with Gasteiger partial charge in [-0.25, -0.2) is 9.97 Å². The first-order chi connectivity index (χ1) is 14.7. The van der Waals surface area contributed by atoms with Crippen LogP contribution in [-0.4, -0.2) is 46.7 Å². The lowest BCUT2D eigenvalue weighted by Gasteiger charge is -2.28. The van der Waals surface area contributed by atoms with Gasteiger partial charge >= 0.3 is 0 Å². The zero-order valence-corrected chi connectivity index (χ0v) is 17.0. The van der Waals surface area contributed by atoms with Crippen LogP contribution in [0.1, 0.15) is 21.7 Å². The van der Waals surface area contributed by atoms with Crippen molar-refractivity contribution in [3.63, 3.8) is 0 Å². The molecule has 0 radical (unpaired) electrons. The highest BCUT2D eigenvalue weighted by atomic mass is 16.5. The Bertz CT molecular complexity index is 980. The van der Waals surface area contributed by atoms with Gasteiger partial charge < -0.3 is 24.3 Å². The molecule has 0 saturated carbocycles. The summed E-state index contributed by atoms with van der Waals surface area (Å²) < 4.78 is 13.0. The van der Waals surface area contributed by atoms with Gasteiger partial charge in [0.2, 0.25) is 0 Å². The SMILES string of the molecule is Cn1ccnc1COc1ccc(C(=O)NCc2ccnc(N3CCOCC3)c2)cc1. The van der Waals surface area contributed by atoms with E-state index in [0.29, 0.717) is 37.7 Å². The first-order valence-electron chi connectivity index (χ1n) is 9.94. The van der Waals surface area contributed by atoms with E-state index in [2.05, 4.69) is 20.2 Å². The van der Waals surface area contributed by atoms with Crippen molar-refractivity contribution < 1.29 is 14.3 Å². The highest BCUT2D eigenvalue weighted by Crippen LogP contribution is 2.16. The van der Waals surface area contributed by atoms with Gasteiger partial charge in [0.05, 0.1) is 13.2 Å². The third-order valence-electron chi connectivity index (χ3n) is 5.00. The molecule has 1 aromatic carbocycles. The Balaban J connectivity index is 1.30. The van der Waals surface area contributed by atoms with Crippen LogP contribution < -0.4 is 15.0 Å². The minimum Gasteiger partial charge on any atom is -0.486 e. The minimum atomic E-state index is -0.129. The lowest BCUT2D eigenvalue weighted by molar-refractivity contribution is 0.0951. The van der Waals surface area contributed by atoms with Crippen LogP contribution in [0.25, 0.3) is 0 Å². The molecule has 8 nitrogen and oxygen atoms in total. The van der Waals surface area contributed by atoms with Crippen molar-refractivity contribution in [2.24, 2.45) is 7.05 Å². The fraction of sp³-hybridized carbons (Fsp3) is 0.318. The molecule has 0 bridgehead atoms. The first kappa shape index (κ1) is 19.9. The van der Waals surface area contributed by atoms with Gasteiger partial charge in [0.1, 0.15) is 24.0 Å². The number of nitrogens with one attached hydrogen (secondary N) is 1. The van der Waals surface area contributed by atoms with Crippen molar-refractivity contribution in [3.8, 4) is 5.75 Å². The van der Waals surface area contributed by atoms with Gasteiger partial charge in [-0.05, 0) is 42.0 Å². The number of nitrogens with zero attached hydrogens (tertiary/aromatic N) is 4. The molecular formula is C22H25N5O3. The Hall–Kier alpha value is -3.39. The molecule has 0 spiro atoms. The number of carbonyl (C=O) groups is 1. The summed E-state index contributed by atoms with van der Waals surface area (Å²) in [6.07, 6.45) is 5.39. The van der Waals surface area contributed by atoms with Crippen LogP contribution in [0, 0.1) is 0 Å². The first-order valence-corrected chi connectivity index (χ1v) is 9.94. The normalized spacial score (nSPS) is 13.8. The number of carbonyl (C=O) groups excluding carboxylic acids is 1. The molecule has 2 aromatic heterocycles. The predicted molar refractivity (Wildman–Crippen MR) is 112 cm³/mol. The van der Waals surface area contributed by atoms with E-state index in [9.17, 15) is 4.79 Å². The van der Waals surface area contributed by atoms with Crippen molar-refractivity contribution in [1.29, 1.82) is 0 Å². The molecule has 156 valence electrons. The van der Waals surface area contributed by atoms with Gasteiger partial charge in [-0.3, -0.25) is 4.79 Å². The molecule has 1 fully saturated rings. The van der Waals surface area contributed by atoms with Gasteiger partial charge in [0, 0.05) is 50.8 Å². The van der Waals surface area contributed by atoms with E-state index >= 15 is 0 Å². The van der Waals surface area contributed by atoms with Crippen LogP contribution in [0.3, 0.4) is 0 Å². The number of amides is 1. The molecule has 1 aliphatic heterocycles. The highest BCUT2D eigenvalue weighted by molar-refractivity contribution is 5.94. The van der Waals surface area contributed by atoms with Crippen LogP contribution in [0.15, 0.2) is 55.0 Å². The quantitative estimate of drug-likeness (QED) is 0.646. The summed E-state index contributed by atoms with van der Waals surface area (Å²) in [6.45, 7) is 3.90. The number of anilines is 1. The maximum absolute atomic E-state index is 12.5. The standard InChI is InChI=1S/C22H25N5O3/c1-26-9-8-24-21(26)16-30-19-4-2-18(3-5-19)22(28)25-15-17-6-7-23-20(14-17)27-10-12-29-13-11-27/h2-9,14H,10-13,15-16H2,1H3,(H,25,28). The smallest absolute Gasteiger partial charge is 0.251 e. The number of hydrogen-bond donors (Lipinski definition) is 1. The van der Waals surface area contributed by atoms with E-state index in [1.54, 1.807) is 36.7 Å². The third kappa shape index (κ3) is 4.96. The Labute approximate surface area is 175 Å². The maximum Gasteiger partial charge on any atom is 0.251 e. The zero-order chi connectivity index (χ0) is 20.8. The van der Waals surface area contributed by atoms with E-state index < -0.39 is 0 Å². The van der Waals surface area contributed by atoms with Gasteiger partial charge in [-0.1, -0.05) is 0 Å². The van der Waals surface area contributed by atoms with Crippen LogP contribution in [0.2, 0.25) is 0 Å². The molecule has 1 N–H and O–H groups in total. The number of rotatable bonds is 7. The summed E-state index contributed by atoms with van der Waals surface area (Å²) >= 11 is 0. The molecule has 3 aromatic rings. The molecule has 0 unspecified atom stereocenters. The van der Waals surface area contributed by atoms with Crippen molar-refractivity contribution in [2.75, 3.05) is 31.2 Å². The van der Waals surface area contributed by atoms with Crippen LogP contribution in [0.4, 0.5) is 5.82 Å². The minimum absolute atomic E-state index is 0.129. The predicted octanol–water partition coefficient (Wildman–Crippen LogP) is 2.16. The number of imidazole rings is 1. The second-order valence-electron chi connectivity index (χ2n) is 7.07. The second kappa shape index (κ2) is 9.41. The van der Waals surface area contributed by atoms with Crippen LogP contribution in [-0.2, 0) is 24.9 Å². The topological polar surface area (TPSA) is 81.5 Å². The highest BCUT2D eigenvalue weighted by Gasteiger charge is 2.13. The largest absolute Gasteiger partial charge is 0.486 e. The van der Waals surface area contributed by atoms with Gasteiger partial charge in [0.25, 0.3) is 5.91 Å². The Morgan fingerprint density at radius 1 is 1.13 bits per heavy atom. The number of benzene rings is 1. The Morgan fingerprint density at radius 3 is 2.67 bits per heavy atom. The van der Waals surface area contributed by atoms with Gasteiger partial charge in [-0.15, -0.1) is 0 Å². The van der Waals surface area contributed by atoms with Crippen molar-refractivity contribution in [3.05, 3.63) is 71.9 Å². The van der Waals surface area contributed by atoms with Gasteiger partial charge in [-0.2, -0.15) is 0 Å². The van der Waals surface area contributed by atoms with E-state index in [0.717, 1.165) is 30.3 Å². The van der Waals surface area contributed by atoms with E-state index in [1.807, 2.05) is 29.9 Å². The van der Waals surface area contributed by atoms with E-state index in [-0.39, 0.29) is 5.91 Å². The second-order valence-corrected chi connectivity index (χ2v) is 7.07. The van der Waals surface area contributed by atoms with E-state index in [1.165, 1.54) is 0 Å². The monoisotopic (exact) mass is 407 g/mol. The summed E-state index contributed by atoms with van der Waals surface area (Å²) in [5, 5.41) is 2.96. The number of aromatic nitrogens is 3. The summed E-state index contributed by atoms with van der Waals surface area (Å²) in [5.74, 6) is 2.32. The van der Waals surface area contributed by atoms with E-state index in [4.69, 9.17) is 9.47 Å². The summed E-state index contributed by atoms with van der Waals surface area (Å²) in [4.78, 5) is 23.4. The lowest BCUT2D eigenvalue weighted by Crippen LogP contribution is -2.36. The number of pyridine rings is 1. The number of hydrogen-bond acceptors (Lipinski definition) is 6. The van der Waals surface area contributed by atoms with Crippen LogP contribution >= 0.6 is 0 Å². The number of ether oxygens (including phenoxy) is 2. The van der Waals surface area contributed by atoms with Crippen LogP contribution in [0.5, 0.6) is 5.75 Å². The molecule has 8 heteroatoms. The molecule has 0 aliphatic carbocycles. The van der Waals surface area contributed by atoms with Crippen molar-refractivity contribution >= 4 is 11.7 Å². The molecule has 1 saturated heterocycles. The van der Waals surface area contributed by atoms with Gasteiger partial charge in [0.15, 0.2) is 0 Å². The summed E-state index contributed by atoms with van der Waals surface area (Å²) in [6, 6.07) is 11.0. The molecule has 3 heterocycles. The zero-order valence-electron chi connectivity index (χ0n) is 17.0. The van der Waals surface area contributed by atoms with Crippen molar-refractivity contribution in [2.45, 2.75) is 13.2 Å². The Morgan fingerprint density at radius 2 is 1.93 bits per heavy atom. The maximum atomic E-state index is 12.5. The molecule has 1 aliphatic rings. The molecule has 30 heavy (non-hydrogen) atoms. The fourth-order valence-electron chi connectivity index (χ4n) is 3.21. The Kier molecular flexibility index (Phi) is 6.24. The number of morpholine rings is 1. The molecule has 0 atom stereocenters. The average molecular weight is 407 g/mol. The molecule has 4 rings (SSSR count). The third-order valence-corrected chi connectivity index (χ3v) is 5.00. The lowest BCUT2D eigenvalue weighted by atomic mass is 10.2.